The normalized spacial score (nSPS) is 22.1. The quantitative estimate of drug-likeness (QED) is 0.845. The van der Waals surface area contributed by atoms with Crippen molar-refractivity contribution in [2.24, 2.45) is 0 Å². The molecule has 1 aliphatic carbocycles. The molecule has 2 fully saturated rings. The van der Waals surface area contributed by atoms with E-state index in [1.807, 2.05) is 11.4 Å². The van der Waals surface area contributed by atoms with Crippen LogP contribution in [0.15, 0.2) is 28.6 Å². The summed E-state index contributed by atoms with van der Waals surface area (Å²) < 4.78 is 28.5. The number of ketones is 1. The van der Waals surface area contributed by atoms with Gasteiger partial charge in [0, 0.05) is 31.1 Å². The molecular formula is C15H16N2O3S2. The number of fused-ring (bicyclic) bond motifs is 1. The number of sulfonamides is 1. The zero-order chi connectivity index (χ0) is 15.4. The molecular weight excluding hydrogens is 320 g/mol. The highest BCUT2D eigenvalue weighted by Crippen LogP contribution is 2.46. The van der Waals surface area contributed by atoms with E-state index >= 15 is 0 Å². The summed E-state index contributed by atoms with van der Waals surface area (Å²) in [6, 6.07) is 3.58. The van der Waals surface area contributed by atoms with Crippen LogP contribution in [0.3, 0.4) is 0 Å². The summed E-state index contributed by atoms with van der Waals surface area (Å²) >= 11 is 1.48. The van der Waals surface area contributed by atoms with Crippen LogP contribution in [-0.2, 0) is 14.8 Å². The van der Waals surface area contributed by atoms with Gasteiger partial charge in [-0.05, 0) is 36.8 Å². The van der Waals surface area contributed by atoms with Gasteiger partial charge in [0.2, 0.25) is 10.0 Å². The minimum absolute atomic E-state index is 0.179. The van der Waals surface area contributed by atoms with Crippen molar-refractivity contribution in [3.05, 3.63) is 23.7 Å². The largest absolute Gasteiger partial charge is 0.300 e. The average molecular weight is 336 g/mol. The number of Topliss-reactive ketones (excluding diaryl/α,β-unsaturated/α-hetero) is 1. The van der Waals surface area contributed by atoms with Gasteiger partial charge in [-0.1, -0.05) is 0 Å². The molecule has 0 radical (unpaired) electrons. The second kappa shape index (κ2) is 4.84. The average Bonchev–Trinajstić information content (AvgIpc) is 2.92. The smallest absolute Gasteiger partial charge is 0.245 e. The maximum Gasteiger partial charge on any atom is 0.245 e. The Balaban J connectivity index is 1.77. The van der Waals surface area contributed by atoms with E-state index < -0.39 is 15.6 Å². The summed E-state index contributed by atoms with van der Waals surface area (Å²) in [6.45, 7) is 0.295. The van der Waals surface area contributed by atoms with Gasteiger partial charge in [-0.25, -0.2) is 8.42 Å². The highest BCUT2D eigenvalue weighted by Gasteiger charge is 2.51. The number of hydrogen-bond donors (Lipinski definition) is 0. The maximum atomic E-state index is 13.0. The molecule has 1 saturated heterocycles. The van der Waals surface area contributed by atoms with E-state index in [2.05, 4.69) is 4.98 Å². The first kappa shape index (κ1) is 14.3. The van der Waals surface area contributed by atoms with Crippen LogP contribution >= 0.6 is 11.3 Å². The number of thiophene rings is 1. The van der Waals surface area contributed by atoms with Gasteiger partial charge < -0.3 is 0 Å². The van der Waals surface area contributed by atoms with Crippen LogP contribution < -0.4 is 0 Å². The topological polar surface area (TPSA) is 67.3 Å². The minimum Gasteiger partial charge on any atom is -0.300 e. The molecule has 0 aromatic carbocycles. The second-order valence-corrected chi connectivity index (χ2v) is 8.91. The number of carbonyl (C=O) groups is 1. The van der Waals surface area contributed by atoms with Crippen LogP contribution in [0.25, 0.3) is 10.2 Å². The van der Waals surface area contributed by atoms with Crippen molar-refractivity contribution in [1.29, 1.82) is 0 Å². The predicted molar refractivity (Wildman–Crippen MR) is 84.3 cm³/mol. The third kappa shape index (κ3) is 2.03. The first-order chi connectivity index (χ1) is 10.5. The molecule has 0 atom stereocenters. The van der Waals surface area contributed by atoms with Crippen molar-refractivity contribution in [3.8, 4) is 0 Å². The van der Waals surface area contributed by atoms with Crippen molar-refractivity contribution in [2.75, 3.05) is 6.54 Å². The number of rotatable bonds is 2. The third-order valence-electron chi connectivity index (χ3n) is 4.80. The molecule has 2 aromatic rings. The fourth-order valence-electron chi connectivity index (χ4n) is 3.49. The van der Waals surface area contributed by atoms with Crippen LogP contribution in [0.4, 0.5) is 0 Å². The summed E-state index contributed by atoms with van der Waals surface area (Å²) in [6.07, 6.45) is 4.67. The molecule has 2 aromatic heterocycles. The lowest BCUT2D eigenvalue weighted by Crippen LogP contribution is -2.60. The standard InChI is InChI=1S/C15H16N2O3S2/c18-11-2-6-17(15(9-11)4-1-5-15)22(19,20)12-8-14-13(16-10-12)3-7-21-14/h3,7-8,10H,1-2,4-6,9H2. The van der Waals surface area contributed by atoms with Crippen LogP contribution in [0.5, 0.6) is 0 Å². The highest BCUT2D eigenvalue weighted by atomic mass is 32.2. The minimum atomic E-state index is -3.60. The Morgan fingerprint density at radius 2 is 2.14 bits per heavy atom. The Morgan fingerprint density at radius 3 is 2.86 bits per heavy atom. The molecule has 4 rings (SSSR count). The zero-order valence-electron chi connectivity index (χ0n) is 12.0. The maximum absolute atomic E-state index is 13.0. The predicted octanol–water partition coefficient (Wildman–Crippen LogP) is 2.57. The summed E-state index contributed by atoms with van der Waals surface area (Å²) in [5, 5.41) is 1.90. The molecule has 0 unspecified atom stereocenters. The lowest BCUT2D eigenvalue weighted by Gasteiger charge is -2.51. The lowest BCUT2D eigenvalue weighted by atomic mass is 9.71. The second-order valence-electron chi connectivity index (χ2n) is 6.10. The zero-order valence-corrected chi connectivity index (χ0v) is 13.6. The summed E-state index contributed by atoms with van der Waals surface area (Å²) in [4.78, 5) is 16.3. The van der Waals surface area contributed by atoms with Gasteiger partial charge in [0.25, 0.3) is 0 Å². The van der Waals surface area contributed by atoms with Crippen molar-refractivity contribution >= 4 is 37.4 Å². The molecule has 22 heavy (non-hydrogen) atoms. The van der Waals surface area contributed by atoms with Crippen molar-refractivity contribution in [3.63, 3.8) is 0 Å². The third-order valence-corrected chi connectivity index (χ3v) is 7.62. The Kier molecular flexibility index (Phi) is 3.15. The molecule has 5 nitrogen and oxygen atoms in total. The SMILES string of the molecule is O=C1CCN(S(=O)(=O)c2cnc3ccsc3c2)C2(CCC2)C1. The van der Waals surface area contributed by atoms with E-state index in [9.17, 15) is 13.2 Å². The van der Waals surface area contributed by atoms with E-state index in [0.29, 0.717) is 19.4 Å². The number of aromatic nitrogens is 1. The Morgan fingerprint density at radius 1 is 1.32 bits per heavy atom. The van der Waals surface area contributed by atoms with Gasteiger partial charge in [0.05, 0.1) is 10.2 Å². The molecule has 0 N–H and O–H groups in total. The van der Waals surface area contributed by atoms with Crippen molar-refractivity contribution < 1.29 is 13.2 Å². The van der Waals surface area contributed by atoms with Gasteiger partial charge in [0.15, 0.2) is 0 Å². The molecule has 1 aliphatic heterocycles. The number of carbonyl (C=O) groups excluding carboxylic acids is 1. The van der Waals surface area contributed by atoms with E-state index in [-0.39, 0.29) is 10.7 Å². The number of piperidine rings is 1. The molecule has 0 bridgehead atoms. The summed E-state index contributed by atoms with van der Waals surface area (Å²) in [5.41, 5.74) is 0.342. The van der Waals surface area contributed by atoms with Crippen molar-refractivity contribution in [1.82, 2.24) is 9.29 Å². The van der Waals surface area contributed by atoms with Crippen LogP contribution in [0, 0.1) is 0 Å². The molecule has 0 amide bonds. The number of pyridine rings is 1. The first-order valence-electron chi connectivity index (χ1n) is 7.39. The Bertz CT molecular complexity index is 853. The highest BCUT2D eigenvalue weighted by molar-refractivity contribution is 7.89. The molecule has 7 heteroatoms. The molecule has 116 valence electrons. The first-order valence-corrected chi connectivity index (χ1v) is 9.71. The van der Waals surface area contributed by atoms with Crippen molar-refractivity contribution in [2.45, 2.75) is 42.5 Å². The lowest BCUT2D eigenvalue weighted by molar-refractivity contribution is -0.126. The van der Waals surface area contributed by atoms with Gasteiger partial charge >= 0.3 is 0 Å². The Hall–Kier alpha value is -1.31. The van der Waals surface area contributed by atoms with Gasteiger partial charge in [-0.15, -0.1) is 11.3 Å². The van der Waals surface area contributed by atoms with E-state index in [0.717, 1.165) is 29.5 Å². The van der Waals surface area contributed by atoms with Gasteiger partial charge in [0.1, 0.15) is 10.7 Å². The van der Waals surface area contributed by atoms with Gasteiger partial charge in [-0.3, -0.25) is 9.78 Å². The Labute approximate surface area is 133 Å². The van der Waals surface area contributed by atoms with Crippen LogP contribution in [0.1, 0.15) is 32.1 Å². The van der Waals surface area contributed by atoms with Crippen LogP contribution in [0.2, 0.25) is 0 Å². The van der Waals surface area contributed by atoms with E-state index in [1.54, 1.807) is 10.4 Å². The summed E-state index contributed by atoms with van der Waals surface area (Å²) in [7, 11) is -3.60. The molecule has 2 aliphatic rings. The van der Waals surface area contributed by atoms with E-state index in [4.69, 9.17) is 0 Å². The summed E-state index contributed by atoms with van der Waals surface area (Å²) in [5.74, 6) is 0.179. The fraction of sp³-hybridized carbons (Fsp3) is 0.467. The molecule has 1 saturated carbocycles. The van der Waals surface area contributed by atoms with Crippen LogP contribution in [-0.4, -0.2) is 35.6 Å². The fourth-order valence-corrected chi connectivity index (χ4v) is 6.14. The number of hydrogen-bond acceptors (Lipinski definition) is 5. The van der Waals surface area contributed by atoms with E-state index in [1.165, 1.54) is 17.5 Å². The number of nitrogens with zero attached hydrogens (tertiary/aromatic N) is 2. The monoisotopic (exact) mass is 336 g/mol. The molecule has 3 heterocycles. The van der Waals surface area contributed by atoms with Gasteiger partial charge in [-0.2, -0.15) is 4.31 Å². The molecule has 1 spiro atoms.